The van der Waals surface area contributed by atoms with Crippen LogP contribution < -0.4 is 21.1 Å². The second-order valence-corrected chi connectivity index (χ2v) is 5.62. The third kappa shape index (κ3) is 6.08. The molecule has 2 rings (SSSR count). The van der Waals surface area contributed by atoms with Crippen LogP contribution in [0.1, 0.15) is 25.7 Å². The van der Waals surface area contributed by atoms with Gasteiger partial charge in [-0.1, -0.05) is 31.0 Å². The van der Waals surface area contributed by atoms with Crippen molar-refractivity contribution in [1.82, 2.24) is 10.6 Å². The first kappa shape index (κ1) is 19.3. The normalized spacial score (nSPS) is 15.3. The van der Waals surface area contributed by atoms with Crippen molar-refractivity contribution in [3.05, 3.63) is 30.3 Å². The Hall–Kier alpha value is -1.79. The van der Waals surface area contributed by atoms with Crippen LogP contribution in [-0.4, -0.2) is 37.0 Å². The van der Waals surface area contributed by atoms with Gasteiger partial charge in [0.2, 0.25) is 5.91 Å². The summed E-state index contributed by atoms with van der Waals surface area (Å²) in [6.45, 7) is 0.266. The highest BCUT2D eigenvalue weighted by molar-refractivity contribution is 5.86. The minimum absolute atomic E-state index is 0. The van der Waals surface area contributed by atoms with Crippen LogP contribution in [0.15, 0.2) is 30.3 Å². The molecule has 6 nitrogen and oxygen atoms in total. The van der Waals surface area contributed by atoms with Gasteiger partial charge in [0.25, 0.3) is 5.91 Å². The van der Waals surface area contributed by atoms with Crippen molar-refractivity contribution in [2.45, 2.75) is 31.2 Å². The van der Waals surface area contributed by atoms with Crippen molar-refractivity contribution in [1.29, 1.82) is 0 Å². The monoisotopic (exact) mass is 341 g/mol. The van der Waals surface area contributed by atoms with Crippen LogP contribution in [0.3, 0.4) is 0 Å². The molecular formula is C16H24ClN3O3. The zero-order chi connectivity index (χ0) is 15.8. The lowest BCUT2D eigenvalue weighted by Crippen LogP contribution is -2.54. The quantitative estimate of drug-likeness (QED) is 0.689. The molecule has 0 spiro atoms. The second kappa shape index (κ2) is 9.37. The Balaban J connectivity index is 0.00000264. The first-order valence-corrected chi connectivity index (χ1v) is 7.59. The van der Waals surface area contributed by atoms with E-state index in [9.17, 15) is 9.59 Å². The molecule has 7 heteroatoms. The molecule has 1 aliphatic carbocycles. The van der Waals surface area contributed by atoms with Crippen LogP contribution in [0.25, 0.3) is 0 Å². The first-order chi connectivity index (χ1) is 10.6. The predicted octanol–water partition coefficient (Wildman–Crippen LogP) is 0.991. The number of nitrogens with one attached hydrogen (secondary N) is 2. The lowest BCUT2D eigenvalue weighted by atomic mass is 9.98. The van der Waals surface area contributed by atoms with Crippen LogP contribution in [0.4, 0.5) is 0 Å². The zero-order valence-corrected chi connectivity index (χ0v) is 13.9. The Morgan fingerprint density at radius 3 is 2.39 bits per heavy atom. The molecule has 0 saturated heterocycles. The van der Waals surface area contributed by atoms with Gasteiger partial charge in [-0.05, 0) is 25.0 Å². The summed E-state index contributed by atoms with van der Waals surface area (Å²) in [5.74, 6) is 0.0859. The van der Waals surface area contributed by atoms with Crippen molar-refractivity contribution in [2.75, 3.05) is 19.7 Å². The van der Waals surface area contributed by atoms with Crippen LogP contribution >= 0.6 is 12.4 Å². The molecule has 0 bridgehead atoms. The summed E-state index contributed by atoms with van der Waals surface area (Å²) in [6, 6.07) is 9.06. The molecular weight excluding hydrogens is 318 g/mol. The molecule has 0 heterocycles. The number of benzene rings is 1. The van der Waals surface area contributed by atoms with Crippen molar-refractivity contribution >= 4 is 24.2 Å². The van der Waals surface area contributed by atoms with Gasteiger partial charge in [0.05, 0.1) is 12.1 Å². The van der Waals surface area contributed by atoms with E-state index in [1.807, 2.05) is 18.2 Å². The summed E-state index contributed by atoms with van der Waals surface area (Å²) in [4.78, 5) is 23.6. The van der Waals surface area contributed by atoms with Crippen molar-refractivity contribution in [3.8, 4) is 5.75 Å². The number of ether oxygens (including phenoxy) is 1. The van der Waals surface area contributed by atoms with E-state index < -0.39 is 0 Å². The van der Waals surface area contributed by atoms with Gasteiger partial charge in [0.1, 0.15) is 5.75 Å². The average molecular weight is 342 g/mol. The Bertz CT molecular complexity index is 505. The van der Waals surface area contributed by atoms with E-state index in [4.69, 9.17) is 10.5 Å². The lowest BCUT2D eigenvalue weighted by molar-refractivity contribution is -0.128. The summed E-state index contributed by atoms with van der Waals surface area (Å²) in [6.07, 6.45) is 3.96. The summed E-state index contributed by atoms with van der Waals surface area (Å²) < 4.78 is 5.31. The van der Waals surface area contributed by atoms with Gasteiger partial charge in [0.15, 0.2) is 6.61 Å². The van der Waals surface area contributed by atoms with Gasteiger partial charge in [-0.2, -0.15) is 0 Å². The molecule has 1 aromatic carbocycles. The van der Waals surface area contributed by atoms with E-state index in [1.165, 1.54) is 0 Å². The molecule has 0 unspecified atom stereocenters. The Morgan fingerprint density at radius 1 is 1.13 bits per heavy atom. The number of carbonyl (C=O) groups excluding carboxylic acids is 2. The number of rotatable bonds is 7. The maximum Gasteiger partial charge on any atom is 0.258 e. The van der Waals surface area contributed by atoms with Gasteiger partial charge < -0.3 is 21.1 Å². The van der Waals surface area contributed by atoms with Crippen molar-refractivity contribution in [2.24, 2.45) is 5.73 Å². The van der Waals surface area contributed by atoms with Crippen LogP contribution in [-0.2, 0) is 9.59 Å². The molecule has 1 aliphatic rings. The SMILES string of the molecule is Cl.NCC1(NC(=O)CNC(=O)COc2ccccc2)CCCC1. The molecule has 2 amide bonds. The minimum atomic E-state index is -0.327. The van der Waals surface area contributed by atoms with E-state index in [-0.39, 0.29) is 42.9 Å². The smallest absolute Gasteiger partial charge is 0.258 e. The van der Waals surface area contributed by atoms with Crippen LogP contribution in [0.2, 0.25) is 0 Å². The molecule has 0 atom stereocenters. The Labute approximate surface area is 142 Å². The highest BCUT2D eigenvalue weighted by Crippen LogP contribution is 2.28. The first-order valence-electron chi connectivity index (χ1n) is 7.59. The molecule has 128 valence electrons. The minimum Gasteiger partial charge on any atom is -0.484 e. The van der Waals surface area contributed by atoms with Crippen molar-refractivity contribution in [3.63, 3.8) is 0 Å². The van der Waals surface area contributed by atoms with Gasteiger partial charge >= 0.3 is 0 Å². The number of carbonyl (C=O) groups is 2. The topological polar surface area (TPSA) is 93.5 Å². The molecule has 1 aromatic rings. The zero-order valence-electron chi connectivity index (χ0n) is 13.0. The van der Waals surface area contributed by atoms with E-state index >= 15 is 0 Å². The van der Waals surface area contributed by atoms with E-state index in [2.05, 4.69) is 10.6 Å². The summed E-state index contributed by atoms with van der Waals surface area (Å²) in [5, 5.41) is 5.50. The number of amides is 2. The Kier molecular flexibility index (Phi) is 7.85. The van der Waals surface area contributed by atoms with E-state index in [0.29, 0.717) is 12.3 Å². The van der Waals surface area contributed by atoms with Gasteiger partial charge in [0, 0.05) is 6.54 Å². The standard InChI is InChI=1S/C16H23N3O3.ClH/c17-12-16(8-4-5-9-16)19-14(20)10-18-15(21)11-22-13-6-2-1-3-7-13;/h1-3,6-7H,4-5,8-12,17H2,(H,18,21)(H,19,20);1H. The largest absolute Gasteiger partial charge is 0.484 e. The van der Waals surface area contributed by atoms with Gasteiger partial charge in [-0.3, -0.25) is 9.59 Å². The van der Waals surface area contributed by atoms with E-state index in [0.717, 1.165) is 25.7 Å². The molecule has 0 radical (unpaired) electrons. The van der Waals surface area contributed by atoms with Crippen LogP contribution in [0.5, 0.6) is 5.75 Å². The van der Waals surface area contributed by atoms with Gasteiger partial charge in [-0.15, -0.1) is 12.4 Å². The molecule has 0 aliphatic heterocycles. The number of nitrogens with two attached hydrogens (primary N) is 1. The van der Waals surface area contributed by atoms with Crippen molar-refractivity contribution < 1.29 is 14.3 Å². The van der Waals surface area contributed by atoms with Gasteiger partial charge in [-0.25, -0.2) is 0 Å². The summed E-state index contributed by atoms with van der Waals surface area (Å²) in [7, 11) is 0. The second-order valence-electron chi connectivity index (χ2n) is 5.62. The highest BCUT2D eigenvalue weighted by Gasteiger charge is 2.33. The highest BCUT2D eigenvalue weighted by atomic mass is 35.5. The molecule has 0 aromatic heterocycles. The predicted molar refractivity (Wildman–Crippen MR) is 90.6 cm³/mol. The van der Waals surface area contributed by atoms with Crippen LogP contribution in [0, 0.1) is 0 Å². The lowest BCUT2D eigenvalue weighted by Gasteiger charge is -2.28. The molecule has 4 N–H and O–H groups in total. The third-order valence-corrected chi connectivity index (χ3v) is 3.92. The number of hydrogen-bond donors (Lipinski definition) is 3. The molecule has 23 heavy (non-hydrogen) atoms. The number of hydrogen-bond acceptors (Lipinski definition) is 4. The molecule has 1 fully saturated rings. The summed E-state index contributed by atoms with van der Waals surface area (Å²) in [5.41, 5.74) is 5.47. The number of halogens is 1. The summed E-state index contributed by atoms with van der Waals surface area (Å²) >= 11 is 0. The number of para-hydroxylation sites is 1. The Morgan fingerprint density at radius 2 is 1.78 bits per heavy atom. The maximum atomic E-state index is 11.9. The average Bonchev–Trinajstić information content (AvgIpc) is 3.01. The fourth-order valence-electron chi connectivity index (χ4n) is 2.67. The molecule has 1 saturated carbocycles. The third-order valence-electron chi connectivity index (χ3n) is 3.92. The fraction of sp³-hybridized carbons (Fsp3) is 0.500. The maximum absolute atomic E-state index is 11.9. The van der Waals surface area contributed by atoms with E-state index in [1.54, 1.807) is 12.1 Å². The fourth-order valence-corrected chi connectivity index (χ4v) is 2.67.